The lowest BCUT2D eigenvalue weighted by molar-refractivity contribution is 0.0567. The van der Waals surface area contributed by atoms with Gasteiger partial charge in [0.05, 0.1) is 22.1 Å². The summed E-state index contributed by atoms with van der Waals surface area (Å²) in [6.07, 6.45) is 0.859. The maximum absolute atomic E-state index is 12.3. The number of aliphatic hydroxyl groups is 1. The molecule has 0 saturated carbocycles. The Morgan fingerprint density at radius 1 is 1.09 bits per heavy atom. The van der Waals surface area contributed by atoms with E-state index < -0.39 is 15.6 Å². The number of benzene rings is 2. The summed E-state index contributed by atoms with van der Waals surface area (Å²) >= 11 is 0. The van der Waals surface area contributed by atoms with Gasteiger partial charge >= 0.3 is 0 Å². The molecule has 0 saturated heterocycles. The highest BCUT2D eigenvalue weighted by Crippen LogP contribution is 2.29. The standard InChI is InChI=1S/C17H16N2O3S/c18-11-13-5-7-16(8-6-13)23(21,22)19-12-17(20)9-14-3-1-2-4-15(14)10-17/h1-8,19-20H,9-10,12H2. The Hall–Kier alpha value is -2.20. The quantitative estimate of drug-likeness (QED) is 0.887. The van der Waals surface area contributed by atoms with Crippen LogP contribution in [0.25, 0.3) is 0 Å². The summed E-state index contributed by atoms with van der Waals surface area (Å²) in [6, 6.07) is 15.3. The molecule has 0 radical (unpaired) electrons. The van der Waals surface area contributed by atoms with Crippen LogP contribution in [0.3, 0.4) is 0 Å². The first kappa shape index (κ1) is 15.7. The summed E-state index contributed by atoms with van der Waals surface area (Å²) < 4.78 is 27.1. The maximum atomic E-state index is 12.3. The number of sulfonamides is 1. The molecule has 0 aromatic heterocycles. The molecule has 0 heterocycles. The number of hydrogen-bond acceptors (Lipinski definition) is 4. The van der Waals surface area contributed by atoms with Crippen molar-refractivity contribution >= 4 is 10.0 Å². The lowest BCUT2D eigenvalue weighted by Crippen LogP contribution is -2.43. The smallest absolute Gasteiger partial charge is 0.240 e. The maximum Gasteiger partial charge on any atom is 0.240 e. The van der Waals surface area contributed by atoms with Crippen LogP contribution >= 0.6 is 0 Å². The van der Waals surface area contributed by atoms with E-state index in [9.17, 15) is 13.5 Å². The van der Waals surface area contributed by atoms with E-state index >= 15 is 0 Å². The second-order valence-corrected chi connectivity index (χ2v) is 7.57. The largest absolute Gasteiger partial charge is 0.388 e. The van der Waals surface area contributed by atoms with Gasteiger partial charge in [-0.15, -0.1) is 0 Å². The van der Waals surface area contributed by atoms with Gasteiger partial charge in [-0.25, -0.2) is 13.1 Å². The molecule has 0 aliphatic heterocycles. The predicted molar refractivity (Wildman–Crippen MR) is 85.1 cm³/mol. The fraction of sp³-hybridized carbons (Fsp3) is 0.235. The number of nitriles is 1. The number of rotatable bonds is 4. The zero-order valence-electron chi connectivity index (χ0n) is 12.4. The van der Waals surface area contributed by atoms with E-state index in [0.29, 0.717) is 18.4 Å². The molecule has 3 rings (SSSR count). The SMILES string of the molecule is N#Cc1ccc(S(=O)(=O)NCC2(O)Cc3ccccc3C2)cc1. The summed E-state index contributed by atoms with van der Waals surface area (Å²) in [7, 11) is -3.72. The minimum Gasteiger partial charge on any atom is -0.388 e. The number of fused-ring (bicyclic) bond motifs is 1. The third kappa shape index (κ3) is 3.27. The van der Waals surface area contributed by atoms with Crippen molar-refractivity contribution in [2.45, 2.75) is 23.3 Å². The molecular formula is C17H16N2O3S. The van der Waals surface area contributed by atoms with Crippen molar-refractivity contribution < 1.29 is 13.5 Å². The summed E-state index contributed by atoms with van der Waals surface area (Å²) in [4.78, 5) is 0.0793. The number of hydrogen-bond donors (Lipinski definition) is 2. The second-order valence-electron chi connectivity index (χ2n) is 5.81. The van der Waals surface area contributed by atoms with E-state index in [4.69, 9.17) is 5.26 Å². The summed E-state index contributed by atoms with van der Waals surface area (Å²) in [5, 5.41) is 19.4. The average Bonchev–Trinajstić information content (AvgIpc) is 2.90. The van der Waals surface area contributed by atoms with Crippen LogP contribution in [0, 0.1) is 11.3 Å². The Kier molecular flexibility index (Phi) is 3.94. The van der Waals surface area contributed by atoms with Gasteiger partial charge in [0.25, 0.3) is 0 Å². The van der Waals surface area contributed by atoms with Gasteiger partial charge in [0, 0.05) is 19.4 Å². The molecule has 0 spiro atoms. The van der Waals surface area contributed by atoms with Crippen LogP contribution < -0.4 is 4.72 Å². The Morgan fingerprint density at radius 2 is 1.65 bits per heavy atom. The molecule has 6 heteroatoms. The first-order valence-corrected chi connectivity index (χ1v) is 8.69. The fourth-order valence-electron chi connectivity index (χ4n) is 2.82. The second kappa shape index (κ2) is 5.78. The summed E-state index contributed by atoms with van der Waals surface area (Å²) in [6.45, 7) is -0.0516. The molecule has 2 aromatic carbocycles. The van der Waals surface area contributed by atoms with Crippen LogP contribution in [0.15, 0.2) is 53.4 Å². The first-order chi connectivity index (χ1) is 10.9. The van der Waals surface area contributed by atoms with E-state index in [-0.39, 0.29) is 11.4 Å². The van der Waals surface area contributed by atoms with E-state index in [1.165, 1.54) is 24.3 Å². The van der Waals surface area contributed by atoms with Gasteiger partial charge in [0.15, 0.2) is 0 Å². The minimum atomic E-state index is -3.72. The Bertz CT molecular complexity index is 842. The van der Waals surface area contributed by atoms with Gasteiger partial charge in [-0.05, 0) is 35.4 Å². The zero-order chi connectivity index (χ0) is 16.5. The molecule has 0 atom stereocenters. The van der Waals surface area contributed by atoms with Crippen LogP contribution in [0.4, 0.5) is 0 Å². The molecule has 0 bridgehead atoms. The van der Waals surface area contributed by atoms with Gasteiger partial charge in [-0.3, -0.25) is 0 Å². The zero-order valence-corrected chi connectivity index (χ0v) is 13.2. The van der Waals surface area contributed by atoms with Crippen molar-refractivity contribution in [3.05, 3.63) is 65.2 Å². The molecule has 1 aliphatic carbocycles. The van der Waals surface area contributed by atoms with Gasteiger partial charge in [0.1, 0.15) is 0 Å². The third-order valence-electron chi connectivity index (χ3n) is 4.04. The summed E-state index contributed by atoms with van der Waals surface area (Å²) in [5.74, 6) is 0. The lowest BCUT2D eigenvalue weighted by atomic mass is 10.0. The molecule has 1 aliphatic rings. The molecule has 0 amide bonds. The van der Waals surface area contributed by atoms with Crippen molar-refractivity contribution in [2.75, 3.05) is 6.54 Å². The number of nitrogens with zero attached hydrogens (tertiary/aromatic N) is 1. The molecule has 2 aromatic rings. The molecule has 23 heavy (non-hydrogen) atoms. The van der Waals surface area contributed by atoms with E-state index in [0.717, 1.165) is 11.1 Å². The van der Waals surface area contributed by atoms with E-state index in [2.05, 4.69) is 4.72 Å². The molecule has 5 nitrogen and oxygen atoms in total. The predicted octanol–water partition coefficient (Wildman–Crippen LogP) is 1.37. The molecule has 2 N–H and O–H groups in total. The Labute approximate surface area is 135 Å². The van der Waals surface area contributed by atoms with Crippen LogP contribution in [0.5, 0.6) is 0 Å². The van der Waals surface area contributed by atoms with Crippen LogP contribution in [-0.4, -0.2) is 25.7 Å². The van der Waals surface area contributed by atoms with Crippen LogP contribution in [0.2, 0.25) is 0 Å². The topological polar surface area (TPSA) is 90.2 Å². The molecule has 0 unspecified atom stereocenters. The minimum absolute atomic E-state index is 0.0516. The molecule has 0 fully saturated rings. The van der Waals surface area contributed by atoms with Crippen LogP contribution in [0.1, 0.15) is 16.7 Å². The number of nitrogens with one attached hydrogen (secondary N) is 1. The monoisotopic (exact) mass is 328 g/mol. The highest BCUT2D eigenvalue weighted by atomic mass is 32.2. The van der Waals surface area contributed by atoms with E-state index in [1.807, 2.05) is 30.3 Å². The lowest BCUT2D eigenvalue weighted by Gasteiger charge is -2.22. The van der Waals surface area contributed by atoms with Gasteiger partial charge < -0.3 is 5.11 Å². The average molecular weight is 328 g/mol. The third-order valence-corrected chi connectivity index (χ3v) is 5.46. The Morgan fingerprint density at radius 3 is 2.17 bits per heavy atom. The normalized spacial score (nSPS) is 15.8. The van der Waals surface area contributed by atoms with E-state index in [1.54, 1.807) is 0 Å². The van der Waals surface area contributed by atoms with Crippen LogP contribution in [-0.2, 0) is 22.9 Å². The molecule has 118 valence electrons. The fourth-order valence-corrected chi connectivity index (χ4v) is 3.94. The van der Waals surface area contributed by atoms with Crippen molar-refractivity contribution in [3.8, 4) is 6.07 Å². The van der Waals surface area contributed by atoms with Crippen molar-refractivity contribution in [3.63, 3.8) is 0 Å². The van der Waals surface area contributed by atoms with Crippen molar-refractivity contribution in [1.82, 2.24) is 4.72 Å². The molecular weight excluding hydrogens is 312 g/mol. The first-order valence-electron chi connectivity index (χ1n) is 7.21. The van der Waals surface area contributed by atoms with Crippen molar-refractivity contribution in [1.29, 1.82) is 5.26 Å². The van der Waals surface area contributed by atoms with Gasteiger partial charge in [-0.2, -0.15) is 5.26 Å². The highest BCUT2D eigenvalue weighted by molar-refractivity contribution is 7.89. The van der Waals surface area contributed by atoms with Gasteiger partial charge in [-0.1, -0.05) is 24.3 Å². The Balaban J connectivity index is 1.71. The summed E-state index contributed by atoms with van der Waals surface area (Å²) in [5.41, 5.74) is 1.39. The van der Waals surface area contributed by atoms with Gasteiger partial charge in [0.2, 0.25) is 10.0 Å². The highest BCUT2D eigenvalue weighted by Gasteiger charge is 2.36. The van der Waals surface area contributed by atoms with Crippen molar-refractivity contribution in [2.24, 2.45) is 0 Å².